The van der Waals surface area contributed by atoms with Crippen LogP contribution in [0.1, 0.15) is 5.56 Å². The second-order valence-corrected chi connectivity index (χ2v) is 4.36. The molecule has 6 heteroatoms. The Morgan fingerprint density at radius 1 is 1.00 bits per heavy atom. The molecule has 0 saturated heterocycles. The van der Waals surface area contributed by atoms with Crippen molar-refractivity contribution in [3.8, 4) is 0 Å². The number of para-hydroxylation sites is 1. The van der Waals surface area contributed by atoms with Crippen LogP contribution in [0.3, 0.4) is 0 Å². The minimum Gasteiger partial charge on any atom is -0.338 e. The minimum atomic E-state index is -0.852. The summed E-state index contributed by atoms with van der Waals surface area (Å²) in [6.45, 7) is 0.214. The van der Waals surface area contributed by atoms with E-state index in [0.29, 0.717) is 12.0 Å². The third-order valence-electron chi connectivity index (χ3n) is 2.79. The Balaban J connectivity index is 1.85. The predicted octanol–water partition coefficient (Wildman–Crippen LogP) is 3.47. The number of carbonyl (C=O) groups is 1. The summed E-state index contributed by atoms with van der Waals surface area (Å²) in [6.07, 6.45) is 0.408. The van der Waals surface area contributed by atoms with E-state index in [1.54, 1.807) is 12.1 Å². The second-order valence-electron chi connectivity index (χ2n) is 4.36. The van der Waals surface area contributed by atoms with Gasteiger partial charge in [0.25, 0.3) is 0 Å². The number of benzene rings is 2. The Bertz CT molecular complexity index is 626. The number of nitrogens with one attached hydrogen (secondary N) is 2. The molecular formula is C15H13F3N2O. The lowest BCUT2D eigenvalue weighted by molar-refractivity contribution is 0.252. The quantitative estimate of drug-likeness (QED) is 0.890. The molecule has 2 rings (SSSR count). The zero-order valence-electron chi connectivity index (χ0n) is 11.0. The smallest absolute Gasteiger partial charge is 0.319 e. The molecule has 2 N–H and O–H groups in total. The fourth-order valence-electron chi connectivity index (χ4n) is 1.79. The lowest BCUT2D eigenvalue weighted by atomic mass is 10.1. The number of carbonyl (C=O) groups excluding carboxylic acids is 1. The Labute approximate surface area is 119 Å². The van der Waals surface area contributed by atoms with E-state index in [0.717, 1.165) is 12.1 Å². The lowest BCUT2D eigenvalue weighted by Crippen LogP contribution is -2.31. The fourth-order valence-corrected chi connectivity index (χ4v) is 1.79. The van der Waals surface area contributed by atoms with E-state index in [4.69, 9.17) is 0 Å². The molecule has 2 amide bonds. The molecular weight excluding hydrogens is 281 g/mol. The number of hydrogen-bond donors (Lipinski definition) is 2. The molecule has 0 aliphatic rings. The standard InChI is InChI=1S/C15H13F3N2O/c16-11-4-1-3-10(9-11)7-8-19-15(21)20-14-12(17)5-2-6-13(14)18/h1-6,9H,7-8H2,(H2,19,20,21). The highest BCUT2D eigenvalue weighted by Crippen LogP contribution is 2.17. The van der Waals surface area contributed by atoms with Crippen LogP contribution < -0.4 is 10.6 Å². The molecule has 0 aromatic heterocycles. The molecule has 0 aliphatic carbocycles. The van der Waals surface area contributed by atoms with Crippen molar-refractivity contribution in [2.24, 2.45) is 0 Å². The summed E-state index contributed by atoms with van der Waals surface area (Å²) < 4.78 is 39.6. The van der Waals surface area contributed by atoms with Gasteiger partial charge in [0.15, 0.2) is 0 Å². The highest BCUT2D eigenvalue weighted by molar-refractivity contribution is 5.89. The van der Waals surface area contributed by atoms with Gasteiger partial charge < -0.3 is 10.6 Å². The topological polar surface area (TPSA) is 41.1 Å². The first-order valence-corrected chi connectivity index (χ1v) is 6.29. The van der Waals surface area contributed by atoms with Gasteiger partial charge in [-0.15, -0.1) is 0 Å². The maximum Gasteiger partial charge on any atom is 0.319 e. The van der Waals surface area contributed by atoms with Crippen molar-refractivity contribution in [1.82, 2.24) is 5.32 Å². The van der Waals surface area contributed by atoms with Crippen molar-refractivity contribution < 1.29 is 18.0 Å². The molecule has 0 bridgehead atoms. The number of halogens is 3. The van der Waals surface area contributed by atoms with Gasteiger partial charge in [-0.25, -0.2) is 18.0 Å². The molecule has 0 atom stereocenters. The highest BCUT2D eigenvalue weighted by atomic mass is 19.1. The molecule has 3 nitrogen and oxygen atoms in total. The molecule has 0 saturated carbocycles. The zero-order valence-corrected chi connectivity index (χ0v) is 11.0. The number of urea groups is 1. The number of anilines is 1. The van der Waals surface area contributed by atoms with Gasteiger partial charge in [0.2, 0.25) is 0 Å². The van der Waals surface area contributed by atoms with Crippen LogP contribution in [0, 0.1) is 17.5 Å². The number of amides is 2. The van der Waals surface area contributed by atoms with E-state index in [1.165, 1.54) is 18.2 Å². The van der Waals surface area contributed by atoms with Gasteiger partial charge in [-0.05, 0) is 36.2 Å². The van der Waals surface area contributed by atoms with E-state index in [9.17, 15) is 18.0 Å². The Kier molecular flexibility index (Phi) is 4.81. The van der Waals surface area contributed by atoms with Gasteiger partial charge >= 0.3 is 6.03 Å². The Morgan fingerprint density at radius 3 is 2.33 bits per heavy atom. The van der Waals surface area contributed by atoms with Crippen LogP contribution in [0.5, 0.6) is 0 Å². The van der Waals surface area contributed by atoms with E-state index in [2.05, 4.69) is 10.6 Å². The largest absolute Gasteiger partial charge is 0.338 e. The lowest BCUT2D eigenvalue weighted by Gasteiger charge is -2.09. The summed E-state index contributed by atoms with van der Waals surface area (Å²) in [5.74, 6) is -2.06. The van der Waals surface area contributed by atoms with Gasteiger partial charge in [-0.1, -0.05) is 18.2 Å². The van der Waals surface area contributed by atoms with Gasteiger partial charge in [0.05, 0.1) is 0 Å². The summed E-state index contributed by atoms with van der Waals surface area (Å²) in [7, 11) is 0. The van der Waals surface area contributed by atoms with Crippen molar-refractivity contribution >= 4 is 11.7 Å². The van der Waals surface area contributed by atoms with Gasteiger partial charge in [-0.3, -0.25) is 0 Å². The van der Waals surface area contributed by atoms with Gasteiger partial charge in [0.1, 0.15) is 23.1 Å². The van der Waals surface area contributed by atoms with Crippen LogP contribution in [-0.2, 0) is 6.42 Å². The average Bonchev–Trinajstić information content (AvgIpc) is 2.43. The summed E-state index contributed by atoms with van der Waals surface area (Å²) in [5, 5.41) is 4.55. The van der Waals surface area contributed by atoms with E-state index >= 15 is 0 Å². The normalized spacial score (nSPS) is 10.2. The molecule has 2 aromatic rings. The molecule has 0 spiro atoms. The molecule has 0 fully saturated rings. The Morgan fingerprint density at radius 2 is 1.67 bits per heavy atom. The fraction of sp³-hybridized carbons (Fsp3) is 0.133. The van der Waals surface area contributed by atoms with Crippen molar-refractivity contribution in [2.45, 2.75) is 6.42 Å². The summed E-state index contributed by atoms with van der Waals surface area (Å²) in [5.41, 5.74) is 0.216. The molecule has 0 aliphatic heterocycles. The average molecular weight is 294 g/mol. The Hall–Kier alpha value is -2.50. The third kappa shape index (κ3) is 4.24. The van der Waals surface area contributed by atoms with E-state index in [-0.39, 0.29) is 12.4 Å². The predicted molar refractivity (Wildman–Crippen MR) is 73.5 cm³/mol. The molecule has 2 aromatic carbocycles. The van der Waals surface area contributed by atoms with Crippen LogP contribution in [0.2, 0.25) is 0 Å². The van der Waals surface area contributed by atoms with Crippen LogP contribution in [0.25, 0.3) is 0 Å². The third-order valence-corrected chi connectivity index (χ3v) is 2.79. The SMILES string of the molecule is O=C(NCCc1cccc(F)c1)Nc1c(F)cccc1F. The second kappa shape index (κ2) is 6.78. The van der Waals surface area contributed by atoms with Crippen LogP contribution in [0.4, 0.5) is 23.7 Å². The first-order chi connectivity index (χ1) is 10.1. The van der Waals surface area contributed by atoms with Crippen molar-refractivity contribution in [3.63, 3.8) is 0 Å². The maximum absolute atomic E-state index is 13.3. The van der Waals surface area contributed by atoms with Gasteiger partial charge in [0, 0.05) is 6.54 Å². The molecule has 0 unspecified atom stereocenters. The highest BCUT2D eigenvalue weighted by Gasteiger charge is 2.11. The van der Waals surface area contributed by atoms with Crippen molar-refractivity contribution in [2.75, 3.05) is 11.9 Å². The number of hydrogen-bond acceptors (Lipinski definition) is 1. The monoisotopic (exact) mass is 294 g/mol. The van der Waals surface area contributed by atoms with Crippen LogP contribution >= 0.6 is 0 Å². The zero-order chi connectivity index (χ0) is 15.2. The minimum absolute atomic E-state index is 0.214. The summed E-state index contributed by atoms with van der Waals surface area (Å²) in [6, 6.07) is 8.55. The first-order valence-electron chi connectivity index (χ1n) is 6.29. The molecule has 0 radical (unpaired) electrons. The molecule has 21 heavy (non-hydrogen) atoms. The van der Waals surface area contributed by atoms with E-state index in [1.807, 2.05) is 0 Å². The molecule has 110 valence electrons. The van der Waals surface area contributed by atoms with Crippen molar-refractivity contribution in [1.29, 1.82) is 0 Å². The summed E-state index contributed by atoms with van der Waals surface area (Å²) in [4.78, 5) is 11.5. The maximum atomic E-state index is 13.3. The van der Waals surface area contributed by atoms with Crippen LogP contribution in [-0.4, -0.2) is 12.6 Å². The first kappa shape index (κ1) is 14.9. The molecule has 0 heterocycles. The van der Waals surface area contributed by atoms with Crippen molar-refractivity contribution in [3.05, 3.63) is 65.5 Å². The van der Waals surface area contributed by atoms with Crippen LogP contribution in [0.15, 0.2) is 42.5 Å². The summed E-state index contributed by atoms with van der Waals surface area (Å²) >= 11 is 0. The number of rotatable bonds is 4. The van der Waals surface area contributed by atoms with E-state index < -0.39 is 23.4 Å². The van der Waals surface area contributed by atoms with Gasteiger partial charge in [-0.2, -0.15) is 0 Å².